The summed E-state index contributed by atoms with van der Waals surface area (Å²) in [5.74, 6) is 1.91. The normalized spacial score (nSPS) is 17.6. The molecule has 3 aromatic rings. The molecule has 0 radical (unpaired) electrons. The molecule has 0 unspecified atom stereocenters. The molecule has 1 saturated carbocycles. The summed E-state index contributed by atoms with van der Waals surface area (Å²) < 4.78 is 7.48. The highest BCUT2D eigenvalue weighted by Crippen LogP contribution is 2.39. The molecule has 5 rings (SSSR count). The van der Waals surface area contributed by atoms with Crippen LogP contribution in [0.1, 0.15) is 46.2 Å². The number of anilines is 1. The Labute approximate surface area is 169 Å². The lowest BCUT2D eigenvalue weighted by Crippen LogP contribution is -2.49. The van der Waals surface area contributed by atoms with E-state index in [4.69, 9.17) is 4.74 Å². The number of nitrogens with zero attached hydrogens (tertiary/aromatic N) is 4. The van der Waals surface area contributed by atoms with E-state index in [2.05, 4.69) is 26.6 Å². The molecule has 3 heterocycles. The van der Waals surface area contributed by atoms with E-state index in [-0.39, 0.29) is 11.3 Å². The van der Waals surface area contributed by atoms with Gasteiger partial charge in [-0.1, -0.05) is 18.2 Å². The summed E-state index contributed by atoms with van der Waals surface area (Å²) >= 11 is 0. The quantitative estimate of drug-likeness (QED) is 0.701. The minimum Gasteiger partial charge on any atom is -0.379 e. The molecule has 148 valence electrons. The molecule has 1 N–H and O–H groups in total. The number of pyridine rings is 1. The molecule has 29 heavy (non-hydrogen) atoms. The van der Waals surface area contributed by atoms with Crippen LogP contribution in [0.5, 0.6) is 0 Å². The summed E-state index contributed by atoms with van der Waals surface area (Å²) in [7, 11) is 1.94. The number of hydrogen-bond donors (Lipinski definition) is 1. The van der Waals surface area contributed by atoms with Gasteiger partial charge < -0.3 is 14.6 Å². The Balaban J connectivity index is 1.37. The summed E-state index contributed by atoms with van der Waals surface area (Å²) in [5.41, 5.74) is 2.58. The van der Waals surface area contributed by atoms with Crippen molar-refractivity contribution in [2.75, 3.05) is 18.5 Å². The molecule has 2 fully saturated rings. The minimum atomic E-state index is -0.179. The monoisotopic (exact) mass is 389 g/mol. The van der Waals surface area contributed by atoms with Crippen LogP contribution in [0, 0.1) is 0 Å². The Bertz CT molecular complexity index is 1050. The molecule has 1 saturated heterocycles. The van der Waals surface area contributed by atoms with Gasteiger partial charge in [-0.3, -0.25) is 4.79 Å². The van der Waals surface area contributed by atoms with Crippen LogP contribution < -0.4 is 5.32 Å². The first-order valence-electron chi connectivity index (χ1n) is 9.92. The van der Waals surface area contributed by atoms with Gasteiger partial charge in [0, 0.05) is 36.1 Å². The second-order valence-electron chi connectivity index (χ2n) is 8.06. The fraction of sp³-hybridized carbons (Fsp3) is 0.364. The fourth-order valence-electron chi connectivity index (χ4n) is 3.80. The van der Waals surface area contributed by atoms with Crippen molar-refractivity contribution in [1.82, 2.24) is 19.7 Å². The van der Waals surface area contributed by atoms with Crippen molar-refractivity contribution < 1.29 is 9.53 Å². The number of aromatic nitrogens is 4. The first-order valence-corrected chi connectivity index (χ1v) is 9.92. The molecular formula is C22H23N5O2. The highest BCUT2D eigenvalue weighted by Gasteiger charge is 2.42. The smallest absolute Gasteiger partial charge is 0.256 e. The topological polar surface area (TPSA) is 81.9 Å². The van der Waals surface area contributed by atoms with Gasteiger partial charge in [0.1, 0.15) is 18.0 Å². The molecule has 1 amide bonds. The maximum atomic E-state index is 12.9. The zero-order valence-corrected chi connectivity index (χ0v) is 16.3. The van der Waals surface area contributed by atoms with Crippen LogP contribution in [0.4, 0.5) is 5.82 Å². The standard InChI is InChI=1S/C22H23N5O2/c1-27-14-23-26-20(27)11-22(12-29-13-22)17-5-2-4-16(10-17)21(28)25-19-7-3-6-18(24-19)15-8-9-15/h2-7,10,14-15H,8-9,11-13H2,1H3,(H,24,25,28). The van der Waals surface area contributed by atoms with Crippen LogP contribution in [0.25, 0.3) is 0 Å². The summed E-state index contributed by atoms with van der Waals surface area (Å²) in [5, 5.41) is 11.1. The molecule has 1 aliphatic heterocycles. The molecule has 1 aromatic carbocycles. The Kier molecular flexibility index (Phi) is 4.39. The highest BCUT2D eigenvalue weighted by atomic mass is 16.5. The molecule has 0 atom stereocenters. The highest BCUT2D eigenvalue weighted by molar-refractivity contribution is 6.03. The van der Waals surface area contributed by atoms with Crippen LogP contribution >= 0.6 is 0 Å². The molecular weight excluding hydrogens is 366 g/mol. The molecule has 1 aliphatic carbocycles. The van der Waals surface area contributed by atoms with Crippen molar-refractivity contribution in [3.05, 3.63) is 71.4 Å². The summed E-state index contributed by atoms with van der Waals surface area (Å²) in [4.78, 5) is 17.4. The molecule has 2 aromatic heterocycles. The Morgan fingerprint density at radius 2 is 2.07 bits per heavy atom. The summed E-state index contributed by atoms with van der Waals surface area (Å²) in [6.07, 6.45) is 4.79. The third kappa shape index (κ3) is 3.53. The van der Waals surface area contributed by atoms with Crippen LogP contribution in [0.2, 0.25) is 0 Å². The molecule has 0 spiro atoms. The largest absolute Gasteiger partial charge is 0.379 e. The predicted molar refractivity (Wildman–Crippen MR) is 108 cm³/mol. The Hall–Kier alpha value is -3.06. The number of hydrogen-bond acceptors (Lipinski definition) is 5. The van der Waals surface area contributed by atoms with Crippen LogP contribution in [-0.4, -0.2) is 38.9 Å². The van der Waals surface area contributed by atoms with E-state index < -0.39 is 0 Å². The lowest BCUT2D eigenvalue weighted by Gasteiger charge is -2.41. The number of carbonyl (C=O) groups is 1. The number of amides is 1. The second-order valence-corrected chi connectivity index (χ2v) is 8.06. The van der Waals surface area contributed by atoms with E-state index in [0.717, 1.165) is 23.5 Å². The van der Waals surface area contributed by atoms with Gasteiger partial charge >= 0.3 is 0 Å². The zero-order valence-electron chi connectivity index (χ0n) is 16.3. The van der Waals surface area contributed by atoms with E-state index in [1.54, 1.807) is 6.33 Å². The van der Waals surface area contributed by atoms with Gasteiger partial charge in [0.2, 0.25) is 0 Å². The lowest BCUT2D eigenvalue weighted by atomic mass is 9.75. The van der Waals surface area contributed by atoms with Gasteiger partial charge in [-0.2, -0.15) is 0 Å². The van der Waals surface area contributed by atoms with E-state index in [9.17, 15) is 4.79 Å². The van der Waals surface area contributed by atoms with E-state index in [0.29, 0.717) is 30.5 Å². The van der Waals surface area contributed by atoms with E-state index in [1.807, 2.05) is 48.0 Å². The maximum absolute atomic E-state index is 12.9. The van der Waals surface area contributed by atoms with Gasteiger partial charge in [0.15, 0.2) is 0 Å². The van der Waals surface area contributed by atoms with E-state index in [1.165, 1.54) is 12.8 Å². The number of aryl methyl sites for hydroxylation is 1. The SMILES string of the molecule is Cn1cnnc1CC1(c2cccc(C(=O)Nc3cccc(C4CC4)n3)c2)COC1. The molecule has 7 nitrogen and oxygen atoms in total. The third-order valence-corrected chi connectivity index (χ3v) is 5.80. The second kappa shape index (κ2) is 7.08. The third-order valence-electron chi connectivity index (χ3n) is 5.80. The Morgan fingerprint density at radius 1 is 1.24 bits per heavy atom. The summed E-state index contributed by atoms with van der Waals surface area (Å²) in [6.45, 7) is 1.21. The molecule has 2 aliphatic rings. The zero-order chi connectivity index (χ0) is 19.8. The van der Waals surface area contributed by atoms with Crippen molar-refractivity contribution in [3.8, 4) is 0 Å². The number of rotatable bonds is 6. The van der Waals surface area contributed by atoms with Crippen molar-refractivity contribution >= 4 is 11.7 Å². The number of benzene rings is 1. The van der Waals surface area contributed by atoms with Crippen molar-refractivity contribution in [1.29, 1.82) is 0 Å². The Morgan fingerprint density at radius 3 is 2.76 bits per heavy atom. The molecule has 7 heteroatoms. The van der Waals surface area contributed by atoms with E-state index >= 15 is 0 Å². The average molecular weight is 389 g/mol. The van der Waals surface area contributed by atoms with Crippen molar-refractivity contribution in [2.45, 2.75) is 30.6 Å². The van der Waals surface area contributed by atoms with Crippen LogP contribution in [0.15, 0.2) is 48.8 Å². The summed E-state index contributed by atoms with van der Waals surface area (Å²) in [6, 6.07) is 13.6. The van der Waals surface area contributed by atoms with Crippen LogP contribution in [0.3, 0.4) is 0 Å². The van der Waals surface area contributed by atoms with Gasteiger partial charge in [0.25, 0.3) is 5.91 Å². The lowest BCUT2D eigenvalue weighted by molar-refractivity contribution is -0.0611. The number of nitrogens with one attached hydrogen (secondary N) is 1. The van der Waals surface area contributed by atoms with Gasteiger partial charge in [-0.15, -0.1) is 10.2 Å². The fourth-order valence-corrected chi connectivity index (χ4v) is 3.80. The number of carbonyl (C=O) groups excluding carboxylic acids is 1. The molecule has 0 bridgehead atoms. The minimum absolute atomic E-state index is 0.152. The van der Waals surface area contributed by atoms with Gasteiger partial charge in [-0.05, 0) is 42.7 Å². The first kappa shape index (κ1) is 18.0. The predicted octanol–water partition coefficient (Wildman–Crippen LogP) is 2.85. The van der Waals surface area contributed by atoms with Gasteiger partial charge in [0.05, 0.1) is 13.2 Å². The first-order chi connectivity index (χ1) is 14.1. The van der Waals surface area contributed by atoms with Gasteiger partial charge in [-0.25, -0.2) is 4.98 Å². The average Bonchev–Trinajstić information content (AvgIpc) is 3.48. The number of ether oxygens (including phenoxy) is 1. The van der Waals surface area contributed by atoms with Crippen molar-refractivity contribution in [3.63, 3.8) is 0 Å². The van der Waals surface area contributed by atoms with Crippen LogP contribution in [-0.2, 0) is 23.6 Å². The van der Waals surface area contributed by atoms with Crippen molar-refractivity contribution in [2.24, 2.45) is 7.05 Å². The maximum Gasteiger partial charge on any atom is 0.256 e.